The summed E-state index contributed by atoms with van der Waals surface area (Å²) < 4.78 is 0. The molecule has 22 heavy (non-hydrogen) atoms. The fourth-order valence-corrected chi connectivity index (χ4v) is 2.97. The number of likely N-dealkylation sites (tertiary alicyclic amines) is 1. The van der Waals surface area contributed by atoms with Crippen LogP contribution in [0, 0.1) is 5.92 Å². The van der Waals surface area contributed by atoms with Gasteiger partial charge in [0.15, 0.2) is 0 Å². The van der Waals surface area contributed by atoms with Crippen LogP contribution in [0.15, 0.2) is 12.2 Å². The maximum absolute atomic E-state index is 12.1. The Labute approximate surface area is 132 Å². The van der Waals surface area contributed by atoms with Gasteiger partial charge < -0.3 is 4.90 Å². The molecule has 5 heteroatoms. The SMILES string of the molecule is CC1CCN(C(=O)CCCCCCN2C(=O)C=CC2=O)CC1. The number of rotatable bonds is 7. The van der Waals surface area contributed by atoms with E-state index in [-0.39, 0.29) is 17.7 Å². The molecular weight excluding hydrogens is 280 g/mol. The number of imide groups is 1. The molecule has 0 aromatic rings. The third-order valence-corrected chi connectivity index (χ3v) is 4.56. The Morgan fingerprint density at radius 1 is 1.05 bits per heavy atom. The third kappa shape index (κ3) is 4.68. The third-order valence-electron chi connectivity index (χ3n) is 4.56. The van der Waals surface area contributed by atoms with Crippen molar-refractivity contribution in [3.8, 4) is 0 Å². The molecule has 0 atom stereocenters. The van der Waals surface area contributed by atoms with E-state index in [9.17, 15) is 14.4 Å². The van der Waals surface area contributed by atoms with Gasteiger partial charge in [0.1, 0.15) is 0 Å². The summed E-state index contributed by atoms with van der Waals surface area (Å²) in [5, 5.41) is 0. The van der Waals surface area contributed by atoms with E-state index in [0.717, 1.165) is 57.5 Å². The number of carbonyl (C=O) groups excluding carboxylic acids is 3. The van der Waals surface area contributed by atoms with Gasteiger partial charge in [-0.2, -0.15) is 0 Å². The smallest absolute Gasteiger partial charge is 0.253 e. The average Bonchev–Trinajstić information content (AvgIpc) is 2.82. The molecule has 5 nitrogen and oxygen atoms in total. The summed E-state index contributed by atoms with van der Waals surface area (Å²) in [6, 6.07) is 0. The van der Waals surface area contributed by atoms with Gasteiger partial charge in [0.05, 0.1) is 0 Å². The van der Waals surface area contributed by atoms with Crippen molar-refractivity contribution in [2.75, 3.05) is 19.6 Å². The first-order valence-corrected chi connectivity index (χ1v) is 8.39. The summed E-state index contributed by atoms with van der Waals surface area (Å²) in [5.41, 5.74) is 0. The van der Waals surface area contributed by atoms with E-state index in [1.54, 1.807) is 0 Å². The fourth-order valence-electron chi connectivity index (χ4n) is 2.97. The molecule has 0 spiro atoms. The highest BCUT2D eigenvalue weighted by Crippen LogP contribution is 2.17. The molecule has 1 fully saturated rings. The van der Waals surface area contributed by atoms with Crippen molar-refractivity contribution < 1.29 is 14.4 Å². The Balaban J connectivity index is 1.51. The molecular formula is C17H26N2O3. The maximum Gasteiger partial charge on any atom is 0.253 e. The number of unbranched alkanes of at least 4 members (excludes halogenated alkanes) is 3. The number of piperidine rings is 1. The van der Waals surface area contributed by atoms with Gasteiger partial charge in [-0.15, -0.1) is 0 Å². The Bertz CT molecular complexity index is 433. The normalized spacial score (nSPS) is 19.3. The number of carbonyl (C=O) groups is 3. The zero-order chi connectivity index (χ0) is 15.9. The molecule has 2 aliphatic rings. The lowest BCUT2D eigenvalue weighted by Gasteiger charge is -2.30. The minimum atomic E-state index is -0.209. The van der Waals surface area contributed by atoms with Gasteiger partial charge in [-0.25, -0.2) is 0 Å². The molecule has 0 radical (unpaired) electrons. The van der Waals surface area contributed by atoms with Gasteiger partial charge in [-0.1, -0.05) is 19.8 Å². The Kier molecular flexibility index (Phi) is 6.16. The molecule has 0 N–H and O–H groups in total. The lowest BCUT2D eigenvalue weighted by molar-refractivity contribution is -0.137. The van der Waals surface area contributed by atoms with E-state index in [0.29, 0.717) is 13.0 Å². The number of hydrogen-bond donors (Lipinski definition) is 0. The predicted molar refractivity (Wildman–Crippen MR) is 83.9 cm³/mol. The number of amides is 3. The van der Waals surface area contributed by atoms with Crippen LogP contribution < -0.4 is 0 Å². The Hall–Kier alpha value is -1.65. The molecule has 1 saturated heterocycles. The van der Waals surface area contributed by atoms with Crippen molar-refractivity contribution in [2.24, 2.45) is 5.92 Å². The van der Waals surface area contributed by atoms with Crippen LogP contribution in [0.3, 0.4) is 0 Å². The molecule has 2 heterocycles. The van der Waals surface area contributed by atoms with Gasteiger partial charge >= 0.3 is 0 Å². The summed E-state index contributed by atoms with van der Waals surface area (Å²) in [5.74, 6) is 0.606. The first-order chi connectivity index (χ1) is 10.6. The van der Waals surface area contributed by atoms with Gasteiger partial charge in [0.2, 0.25) is 5.91 Å². The van der Waals surface area contributed by atoms with E-state index in [4.69, 9.17) is 0 Å². The largest absolute Gasteiger partial charge is 0.343 e. The van der Waals surface area contributed by atoms with Crippen LogP contribution in [0.4, 0.5) is 0 Å². The molecule has 0 aromatic carbocycles. The van der Waals surface area contributed by atoms with Crippen LogP contribution in [-0.2, 0) is 14.4 Å². The summed E-state index contributed by atoms with van der Waals surface area (Å²) in [6.07, 6.45) is 9.13. The Morgan fingerprint density at radius 3 is 2.27 bits per heavy atom. The van der Waals surface area contributed by atoms with Crippen molar-refractivity contribution in [3.63, 3.8) is 0 Å². The van der Waals surface area contributed by atoms with Crippen LogP contribution >= 0.6 is 0 Å². The van der Waals surface area contributed by atoms with Crippen molar-refractivity contribution in [3.05, 3.63) is 12.2 Å². The summed E-state index contributed by atoms with van der Waals surface area (Å²) in [6.45, 7) is 4.55. The van der Waals surface area contributed by atoms with Crippen molar-refractivity contribution in [1.82, 2.24) is 9.80 Å². The molecule has 0 saturated carbocycles. The van der Waals surface area contributed by atoms with Crippen molar-refractivity contribution >= 4 is 17.7 Å². The Morgan fingerprint density at radius 2 is 1.64 bits per heavy atom. The molecule has 0 aliphatic carbocycles. The standard InChI is InChI=1S/C17H26N2O3/c1-14-9-12-18(13-10-14)15(20)6-4-2-3-5-11-19-16(21)7-8-17(19)22/h7-8,14H,2-6,9-13H2,1H3. The quantitative estimate of drug-likeness (QED) is 0.535. The lowest BCUT2D eigenvalue weighted by atomic mass is 9.99. The van der Waals surface area contributed by atoms with E-state index in [1.165, 1.54) is 17.1 Å². The number of hydrogen-bond acceptors (Lipinski definition) is 3. The monoisotopic (exact) mass is 306 g/mol. The minimum absolute atomic E-state index is 0.209. The first kappa shape index (κ1) is 16.7. The number of nitrogens with zero attached hydrogens (tertiary/aromatic N) is 2. The second-order valence-electron chi connectivity index (χ2n) is 6.39. The highest BCUT2D eigenvalue weighted by Gasteiger charge is 2.22. The highest BCUT2D eigenvalue weighted by molar-refractivity contribution is 6.12. The molecule has 0 bridgehead atoms. The van der Waals surface area contributed by atoms with Crippen molar-refractivity contribution in [1.29, 1.82) is 0 Å². The van der Waals surface area contributed by atoms with E-state index in [1.807, 2.05) is 4.90 Å². The van der Waals surface area contributed by atoms with Gasteiger partial charge in [-0.3, -0.25) is 19.3 Å². The zero-order valence-electron chi connectivity index (χ0n) is 13.4. The van der Waals surface area contributed by atoms with Gasteiger partial charge in [-0.05, 0) is 31.6 Å². The van der Waals surface area contributed by atoms with Crippen LogP contribution in [-0.4, -0.2) is 47.2 Å². The average molecular weight is 306 g/mol. The predicted octanol–water partition coefficient (Wildman–Crippen LogP) is 2.12. The molecule has 122 valence electrons. The second kappa shape index (κ2) is 8.11. The van der Waals surface area contributed by atoms with Crippen LogP contribution in [0.2, 0.25) is 0 Å². The fraction of sp³-hybridized carbons (Fsp3) is 0.706. The van der Waals surface area contributed by atoms with Gasteiger partial charge in [0.25, 0.3) is 11.8 Å². The van der Waals surface area contributed by atoms with E-state index >= 15 is 0 Å². The maximum atomic E-state index is 12.1. The second-order valence-corrected chi connectivity index (χ2v) is 6.39. The molecule has 3 amide bonds. The highest BCUT2D eigenvalue weighted by atomic mass is 16.2. The van der Waals surface area contributed by atoms with Gasteiger partial charge in [0, 0.05) is 38.2 Å². The molecule has 0 unspecified atom stereocenters. The molecule has 2 aliphatic heterocycles. The zero-order valence-corrected chi connectivity index (χ0v) is 13.4. The molecule has 2 rings (SSSR count). The van der Waals surface area contributed by atoms with E-state index in [2.05, 4.69) is 6.92 Å². The summed E-state index contributed by atoms with van der Waals surface area (Å²) >= 11 is 0. The summed E-state index contributed by atoms with van der Waals surface area (Å²) in [4.78, 5) is 38.0. The lowest BCUT2D eigenvalue weighted by Crippen LogP contribution is -2.37. The van der Waals surface area contributed by atoms with Crippen LogP contribution in [0.1, 0.15) is 51.9 Å². The minimum Gasteiger partial charge on any atom is -0.343 e. The first-order valence-electron chi connectivity index (χ1n) is 8.39. The van der Waals surface area contributed by atoms with E-state index < -0.39 is 0 Å². The molecule has 0 aromatic heterocycles. The van der Waals surface area contributed by atoms with Crippen LogP contribution in [0.25, 0.3) is 0 Å². The van der Waals surface area contributed by atoms with Crippen LogP contribution in [0.5, 0.6) is 0 Å². The van der Waals surface area contributed by atoms with Crippen molar-refractivity contribution in [2.45, 2.75) is 51.9 Å². The topological polar surface area (TPSA) is 57.7 Å². The summed E-state index contributed by atoms with van der Waals surface area (Å²) in [7, 11) is 0.